The molecule has 0 unspecified atom stereocenters. The van der Waals surface area contributed by atoms with Gasteiger partial charge in [-0.25, -0.2) is 0 Å². The van der Waals surface area contributed by atoms with E-state index in [-0.39, 0.29) is 12.7 Å². The van der Waals surface area contributed by atoms with E-state index in [1.54, 1.807) is 11.0 Å². The van der Waals surface area contributed by atoms with E-state index >= 15 is 0 Å². The van der Waals surface area contributed by atoms with Crippen LogP contribution in [0.25, 0.3) is 6.08 Å². The molecule has 0 bridgehead atoms. The largest absolute Gasteiger partial charge is 0.454 e. The number of carbonyl (C=O) groups is 1. The smallest absolute Gasteiger partial charge is 0.246 e. The maximum atomic E-state index is 12.5. The first kappa shape index (κ1) is 16.8. The molecule has 0 radical (unpaired) electrons. The molecule has 1 aliphatic carbocycles. The zero-order valence-electron chi connectivity index (χ0n) is 15.5. The van der Waals surface area contributed by atoms with E-state index in [9.17, 15) is 4.79 Å². The van der Waals surface area contributed by atoms with Gasteiger partial charge in [0, 0.05) is 37.1 Å². The van der Waals surface area contributed by atoms with Crippen LogP contribution in [-0.4, -0.2) is 29.2 Å². The summed E-state index contributed by atoms with van der Waals surface area (Å²) in [6.07, 6.45) is 6.11. The van der Waals surface area contributed by atoms with Crippen LogP contribution < -0.4 is 9.47 Å². The van der Waals surface area contributed by atoms with Gasteiger partial charge in [-0.2, -0.15) is 0 Å². The van der Waals surface area contributed by atoms with Crippen molar-refractivity contribution in [2.75, 3.05) is 13.8 Å². The molecule has 1 saturated carbocycles. The van der Waals surface area contributed by atoms with Crippen molar-refractivity contribution in [2.24, 2.45) is 0 Å². The second-order valence-electron chi connectivity index (χ2n) is 7.14. The molecule has 1 aromatic heterocycles. The Hall–Kier alpha value is -2.69. The van der Waals surface area contributed by atoms with Crippen LogP contribution in [0.2, 0.25) is 0 Å². The van der Waals surface area contributed by atoms with Crippen LogP contribution in [0.5, 0.6) is 11.5 Å². The number of hydrogen-bond acceptors (Lipinski definition) is 3. The minimum absolute atomic E-state index is 0.0149. The Morgan fingerprint density at radius 1 is 1.23 bits per heavy atom. The Labute approximate surface area is 153 Å². The summed E-state index contributed by atoms with van der Waals surface area (Å²) in [5.41, 5.74) is 4.66. The molecule has 2 aromatic rings. The van der Waals surface area contributed by atoms with Gasteiger partial charge < -0.3 is 18.9 Å². The van der Waals surface area contributed by atoms with Gasteiger partial charge in [0.25, 0.3) is 0 Å². The van der Waals surface area contributed by atoms with Crippen LogP contribution >= 0.6 is 0 Å². The van der Waals surface area contributed by atoms with Gasteiger partial charge in [0.1, 0.15) is 0 Å². The highest BCUT2D eigenvalue weighted by Crippen LogP contribution is 2.38. The SMILES string of the molecule is Cc1cc(C=CC(=O)N(C)Cc2ccc3c(c2)OCO3)c(C)n1C1CC1. The van der Waals surface area contributed by atoms with Gasteiger partial charge in [0.05, 0.1) is 0 Å². The fourth-order valence-electron chi connectivity index (χ4n) is 3.55. The molecule has 0 saturated heterocycles. The van der Waals surface area contributed by atoms with E-state index in [0.717, 1.165) is 22.6 Å². The highest BCUT2D eigenvalue weighted by molar-refractivity contribution is 5.91. The van der Waals surface area contributed by atoms with E-state index in [0.29, 0.717) is 12.6 Å². The average molecular weight is 352 g/mol. The standard InChI is InChI=1S/C21H24N2O3/c1-14-10-17(15(2)23(14)18-6-7-18)5-9-21(24)22(3)12-16-4-8-19-20(11-16)26-13-25-19/h4-5,8-11,18H,6-7,12-13H2,1-3H3. The van der Waals surface area contributed by atoms with E-state index in [2.05, 4.69) is 24.5 Å². The Bertz CT molecular complexity index is 878. The predicted molar refractivity (Wildman–Crippen MR) is 100 cm³/mol. The monoisotopic (exact) mass is 352 g/mol. The van der Waals surface area contributed by atoms with Crippen LogP contribution in [-0.2, 0) is 11.3 Å². The summed E-state index contributed by atoms with van der Waals surface area (Å²) >= 11 is 0. The summed E-state index contributed by atoms with van der Waals surface area (Å²) in [5, 5.41) is 0. The molecular weight excluding hydrogens is 328 g/mol. The van der Waals surface area contributed by atoms with E-state index in [1.165, 1.54) is 24.2 Å². The molecule has 1 amide bonds. The molecule has 5 heteroatoms. The van der Waals surface area contributed by atoms with Crippen molar-refractivity contribution in [2.45, 2.75) is 39.3 Å². The minimum atomic E-state index is -0.0149. The van der Waals surface area contributed by atoms with Crippen molar-refractivity contribution in [1.82, 2.24) is 9.47 Å². The van der Waals surface area contributed by atoms with Crippen LogP contribution in [0.1, 0.15) is 41.4 Å². The summed E-state index contributed by atoms with van der Waals surface area (Å²) in [6, 6.07) is 8.60. The van der Waals surface area contributed by atoms with E-state index in [4.69, 9.17) is 9.47 Å². The summed E-state index contributed by atoms with van der Waals surface area (Å²) in [5.74, 6) is 1.49. The number of rotatable bonds is 5. The molecule has 4 rings (SSSR count). The summed E-state index contributed by atoms with van der Waals surface area (Å²) in [7, 11) is 1.81. The number of carbonyl (C=O) groups excluding carboxylic acids is 1. The first-order valence-electron chi connectivity index (χ1n) is 9.03. The fourth-order valence-corrected chi connectivity index (χ4v) is 3.55. The number of benzene rings is 1. The zero-order chi connectivity index (χ0) is 18.3. The van der Waals surface area contributed by atoms with Crippen molar-refractivity contribution in [3.63, 3.8) is 0 Å². The third-order valence-electron chi connectivity index (χ3n) is 5.07. The molecule has 5 nitrogen and oxygen atoms in total. The number of nitrogens with zero attached hydrogens (tertiary/aromatic N) is 2. The van der Waals surface area contributed by atoms with Gasteiger partial charge >= 0.3 is 0 Å². The van der Waals surface area contributed by atoms with Crippen LogP contribution in [0.3, 0.4) is 0 Å². The van der Waals surface area contributed by atoms with E-state index < -0.39 is 0 Å². The number of aromatic nitrogens is 1. The maximum absolute atomic E-state index is 12.5. The number of aryl methyl sites for hydroxylation is 1. The van der Waals surface area contributed by atoms with Gasteiger partial charge in [-0.3, -0.25) is 4.79 Å². The number of likely N-dealkylation sites (N-methyl/N-ethyl adjacent to an activating group) is 1. The topological polar surface area (TPSA) is 43.7 Å². The Morgan fingerprint density at radius 3 is 2.77 bits per heavy atom. The van der Waals surface area contributed by atoms with Gasteiger partial charge in [0.2, 0.25) is 12.7 Å². The van der Waals surface area contributed by atoms with Crippen molar-refractivity contribution in [1.29, 1.82) is 0 Å². The zero-order valence-corrected chi connectivity index (χ0v) is 15.5. The van der Waals surface area contributed by atoms with Crippen LogP contribution in [0, 0.1) is 13.8 Å². The minimum Gasteiger partial charge on any atom is -0.454 e. The normalized spacial score (nSPS) is 15.7. The lowest BCUT2D eigenvalue weighted by molar-refractivity contribution is -0.125. The molecule has 0 atom stereocenters. The van der Waals surface area contributed by atoms with Crippen LogP contribution in [0.15, 0.2) is 30.3 Å². The predicted octanol–water partition coefficient (Wildman–Crippen LogP) is 3.84. The molecule has 1 aliphatic heterocycles. The summed E-state index contributed by atoms with van der Waals surface area (Å²) in [6.45, 7) is 5.05. The first-order valence-corrected chi connectivity index (χ1v) is 9.03. The Morgan fingerprint density at radius 2 is 2.00 bits per heavy atom. The second-order valence-corrected chi connectivity index (χ2v) is 7.14. The number of amides is 1. The number of hydrogen-bond donors (Lipinski definition) is 0. The van der Waals surface area contributed by atoms with Gasteiger partial charge in [-0.1, -0.05) is 6.07 Å². The molecule has 0 N–H and O–H groups in total. The molecule has 26 heavy (non-hydrogen) atoms. The lowest BCUT2D eigenvalue weighted by Gasteiger charge is -2.15. The third-order valence-corrected chi connectivity index (χ3v) is 5.07. The molecular formula is C21H24N2O3. The third kappa shape index (κ3) is 3.21. The van der Waals surface area contributed by atoms with Gasteiger partial charge in [-0.15, -0.1) is 0 Å². The maximum Gasteiger partial charge on any atom is 0.246 e. The van der Waals surface area contributed by atoms with Crippen molar-refractivity contribution in [3.8, 4) is 11.5 Å². The summed E-state index contributed by atoms with van der Waals surface area (Å²) < 4.78 is 13.1. The van der Waals surface area contributed by atoms with Crippen molar-refractivity contribution in [3.05, 3.63) is 52.9 Å². The van der Waals surface area contributed by atoms with E-state index in [1.807, 2.05) is 31.3 Å². The highest BCUT2D eigenvalue weighted by atomic mass is 16.7. The van der Waals surface area contributed by atoms with Crippen molar-refractivity contribution >= 4 is 12.0 Å². The molecule has 136 valence electrons. The molecule has 2 heterocycles. The second kappa shape index (κ2) is 6.56. The van der Waals surface area contributed by atoms with Crippen LogP contribution in [0.4, 0.5) is 0 Å². The number of fused-ring (bicyclic) bond motifs is 1. The average Bonchev–Trinajstić information content (AvgIpc) is 3.26. The highest BCUT2D eigenvalue weighted by Gasteiger charge is 2.26. The molecule has 2 aliphatic rings. The Kier molecular flexibility index (Phi) is 4.23. The lowest BCUT2D eigenvalue weighted by Crippen LogP contribution is -2.24. The van der Waals surface area contributed by atoms with Gasteiger partial charge in [-0.05, 0) is 62.1 Å². The first-order chi connectivity index (χ1) is 12.5. The Balaban J connectivity index is 1.42. The fraction of sp³-hybridized carbons (Fsp3) is 0.381. The molecule has 1 aromatic carbocycles. The lowest BCUT2D eigenvalue weighted by atomic mass is 10.2. The van der Waals surface area contributed by atoms with Crippen molar-refractivity contribution < 1.29 is 14.3 Å². The number of ether oxygens (including phenoxy) is 2. The molecule has 1 fully saturated rings. The summed E-state index contributed by atoms with van der Waals surface area (Å²) in [4.78, 5) is 14.2. The quantitative estimate of drug-likeness (QED) is 0.768. The van der Waals surface area contributed by atoms with Gasteiger partial charge in [0.15, 0.2) is 11.5 Å². The molecule has 0 spiro atoms.